The third kappa shape index (κ3) is 2.65. The number of nitrogens with one attached hydrogen (secondary N) is 2. The Labute approximate surface area is 103 Å². The highest BCUT2D eigenvalue weighted by Crippen LogP contribution is 2.18. The average molecular weight is 249 g/mol. The van der Waals surface area contributed by atoms with Gasteiger partial charge in [0.2, 0.25) is 0 Å². The van der Waals surface area contributed by atoms with E-state index in [1.165, 1.54) is 25.3 Å². The number of ether oxygens (including phenoxy) is 1. The molecule has 0 aliphatic heterocycles. The van der Waals surface area contributed by atoms with Gasteiger partial charge in [0.15, 0.2) is 11.6 Å². The fourth-order valence-corrected chi connectivity index (χ4v) is 1.46. The molecule has 0 radical (unpaired) electrons. The molecule has 0 saturated heterocycles. The lowest BCUT2D eigenvalue weighted by atomic mass is 10.2. The average Bonchev–Trinajstić information content (AvgIpc) is 2.89. The molecule has 18 heavy (non-hydrogen) atoms. The highest BCUT2D eigenvalue weighted by Gasteiger charge is 2.10. The number of nitrogens with zero attached hydrogens (tertiary/aromatic N) is 1. The highest BCUT2D eigenvalue weighted by atomic mass is 19.1. The number of halogens is 1. The molecule has 0 saturated carbocycles. The molecule has 0 fully saturated rings. The van der Waals surface area contributed by atoms with Crippen LogP contribution in [0.15, 0.2) is 30.6 Å². The van der Waals surface area contributed by atoms with Gasteiger partial charge in [-0.1, -0.05) is 0 Å². The number of aromatic amines is 1. The highest BCUT2D eigenvalue weighted by molar-refractivity contribution is 5.94. The van der Waals surface area contributed by atoms with Crippen LogP contribution < -0.4 is 10.1 Å². The van der Waals surface area contributed by atoms with Gasteiger partial charge < -0.3 is 15.0 Å². The van der Waals surface area contributed by atoms with Crippen LogP contribution in [0, 0.1) is 5.82 Å². The van der Waals surface area contributed by atoms with E-state index in [0.717, 1.165) is 0 Å². The van der Waals surface area contributed by atoms with Gasteiger partial charge >= 0.3 is 0 Å². The SMILES string of the molecule is COc1cc(C(=O)NCc2ncc[nH]2)ccc1F. The summed E-state index contributed by atoms with van der Waals surface area (Å²) in [6.07, 6.45) is 3.27. The number of hydrogen-bond acceptors (Lipinski definition) is 3. The lowest BCUT2D eigenvalue weighted by Crippen LogP contribution is -2.23. The first-order valence-electron chi connectivity index (χ1n) is 5.30. The Morgan fingerprint density at radius 2 is 2.39 bits per heavy atom. The number of carbonyl (C=O) groups is 1. The van der Waals surface area contributed by atoms with Crippen LogP contribution in [0.5, 0.6) is 5.75 Å². The van der Waals surface area contributed by atoms with Crippen LogP contribution >= 0.6 is 0 Å². The van der Waals surface area contributed by atoms with E-state index < -0.39 is 5.82 Å². The molecular weight excluding hydrogens is 237 g/mol. The minimum Gasteiger partial charge on any atom is -0.494 e. The summed E-state index contributed by atoms with van der Waals surface area (Å²) in [5.74, 6) is -0.122. The predicted octanol–water partition coefficient (Wildman–Crippen LogP) is 1.49. The molecule has 0 spiro atoms. The van der Waals surface area contributed by atoms with E-state index >= 15 is 0 Å². The molecule has 0 aliphatic carbocycles. The van der Waals surface area contributed by atoms with Gasteiger partial charge in [-0.3, -0.25) is 4.79 Å². The molecule has 0 unspecified atom stereocenters. The summed E-state index contributed by atoms with van der Waals surface area (Å²) >= 11 is 0. The zero-order valence-electron chi connectivity index (χ0n) is 9.74. The summed E-state index contributed by atoms with van der Waals surface area (Å²) in [6, 6.07) is 3.95. The van der Waals surface area contributed by atoms with E-state index in [0.29, 0.717) is 11.4 Å². The number of hydrogen-bond donors (Lipinski definition) is 2. The molecule has 2 N–H and O–H groups in total. The van der Waals surface area contributed by atoms with E-state index in [2.05, 4.69) is 15.3 Å². The number of imidazole rings is 1. The van der Waals surface area contributed by atoms with Gasteiger partial charge in [0.05, 0.1) is 13.7 Å². The van der Waals surface area contributed by atoms with Crippen LogP contribution in [0.3, 0.4) is 0 Å². The Morgan fingerprint density at radius 1 is 1.56 bits per heavy atom. The second kappa shape index (κ2) is 5.31. The Balaban J connectivity index is 2.04. The molecule has 0 aliphatic rings. The fourth-order valence-electron chi connectivity index (χ4n) is 1.46. The van der Waals surface area contributed by atoms with Gasteiger partial charge in [-0.05, 0) is 18.2 Å². The van der Waals surface area contributed by atoms with Crippen molar-refractivity contribution in [2.75, 3.05) is 7.11 Å². The minimum absolute atomic E-state index is 0.0423. The quantitative estimate of drug-likeness (QED) is 0.862. The molecule has 1 aromatic heterocycles. The van der Waals surface area contributed by atoms with Crippen LogP contribution in [0.2, 0.25) is 0 Å². The number of benzene rings is 1. The number of H-pyrrole nitrogens is 1. The summed E-state index contributed by atoms with van der Waals surface area (Å²) in [4.78, 5) is 18.6. The van der Waals surface area contributed by atoms with Crippen LogP contribution in [0.1, 0.15) is 16.2 Å². The maximum Gasteiger partial charge on any atom is 0.251 e. The molecule has 1 aromatic carbocycles. The molecule has 0 bridgehead atoms. The smallest absolute Gasteiger partial charge is 0.251 e. The topological polar surface area (TPSA) is 67.0 Å². The van der Waals surface area contributed by atoms with Crippen LogP contribution in [-0.4, -0.2) is 23.0 Å². The van der Waals surface area contributed by atoms with E-state index in [1.807, 2.05) is 0 Å². The third-order valence-corrected chi connectivity index (χ3v) is 2.38. The monoisotopic (exact) mass is 249 g/mol. The van der Waals surface area contributed by atoms with Crippen LogP contribution in [-0.2, 0) is 6.54 Å². The zero-order chi connectivity index (χ0) is 13.0. The number of amides is 1. The molecule has 94 valence electrons. The van der Waals surface area contributed by atoms with Crippen LogP contribution in [0.25, 0.3) is 0 Å². The number of methoxy groups -OCH3 is 1. The van der Waals surface area contributed by atoms with Crippen molar-refractivity contribution in [3.63, 3.8) is 0 Å². The first-order valence-corrected chi connectivity index (χ1v) is 5.30. The summed E-state index contributed by atoms with van der Waals surface area (Å²) in [5, 5.41) is 2.66. The third-order valence-electron chi connectivity index (χ3n) is 2.38. The first kappa shape index (κ1) is 12.1. The minimum atomic E-state index is -0.500. The summed E-state index contributed by atoms with van der Waals surface area (Å²) < 4.78 is 18.0. The Hall–Kier alpha value is -2.37. The Bertz CT molecular complexity index is 540. The van der Waals surface area contributed by atoms with Crippen molar-refractivity contribution in [1.29, 1.82) is 0 Å². The maximum absolute atomic E-state index is 13.2. The van der Waals surface area contributed by atoms with Crippen LogP contribution in [0.4, 0.5) is 4.39 Å². The molecule has 0 atom stereocenters. The summed E-state index contributed by atoms with van der Waals surface area (Å²) in [6.45, 7) is 0.283. The van der Waals surface area contributed by atoms with Crippen molar-refractivity contribution in [1.82, 2.24) is 15.3 Å². The lowest BCUT2D eigenvalue weighted by Gasteiger charge is -2.06. The van der Waals surface area contributed by atoms with Crippen molar-refractivity contribution < 1.29 is 13.9 Å². The Morgan fingerprint density at radius 3 is 3.06 bits per heavy atom. The molecule has 6 heteroatoms. The zero-order valence-corrected chi connectivity index (χ0v) is 9.74. The second-order valence-electron chi connectivity index (χ2n) is 3.57. The standard InChI is InChI=1S/C12H12FN3O2/c1-18-10-6-8(2-3-9(10)13)12(17)16-7-11-14-4-5-15-11/h2-6H,7H2,1H3,(H,14,15)(H,16,17). The van der Waals surface area contributed by atoms with Gasteiger partial charge in [0, 0.05) is 18.0 Å². The molecule has 2 aromatic rings. The summed E-state index contributed by atoms with van der Waals surface area (Å²) in [7, 11) is 1.35. The molecular formula is C12H12FN3O2. The van der Waals surface area contributed by atoms with Crippen molar-refractivity contribution >= 4 is 5.91 Å². The molecule has 2 rings (SSSR count). The van der Waals surface area contributed by atoms with E-state index in [1.54, 1.807) is 12.4 Å². The van der Waals surface area contributed by atoms with Gasteiger partial charge in [-0.15, -0.1) is 0 Å². The number of rotatable bonds is 4. The lowest BCUT2D eigenvalue weighted by molar-refractivity contribution is 0.0949. The van der Waals surface area contributed by atoms with Gasteiger partial charge in [0.1, 0.15) is 5.82 Å². The van der Waals surface area contributed by atoms with Crippen molar-refractivity contribution in [3.8, 4) is 5.75 Å². The largest absolute Gasteiger partial charge is 0.494 e. The number of carbonyl (C=O) groups excluding carboxylic acids is 1. The number of aromatic nitrogens is 2. The Kier molecular flexibility index (Phi) is 3.57. The van der Waals surface area contributed by atoms with Gasteiger partial charge in [0.25, 0.3) is 5.91 Å². The fraction of sp³-hybridized carbons (Fsp3) is 0.167. The van der Waals surface area contributed by atoms with E-state index in [4.69, 9.17) is 4.74 Å². The van der Waals surface area contributed by atoms with Gasteiger partial charge in [-0.2, -0.15) is 0 Å². The molecule has 1 amide bonds. The van der Waals surface area contributed by atoms with Crippen molar-refractivity contribution in [2.45, 2.75) is 6.54 Å². The normalized spacial score (nSPS) is 10.1. The predicted molar refractivity (Wildman–Crippen MR) is 62.7 cm³/mol. The molecule has 5 nitrogen and oxygen atoms in total. The second-order valence-corrected chi connectivity index (χ2v) is 3.57. The van der Waals surface area contributed by atoms with E-state index in [-0.39, 0.29) is 18.2 Å². The maximum atomic E-state index is 13.2. The first-order chi connectivity index (χ1) is 8.70. The van der Waals surface area contributed by atoms with Crippen molar-refractivity contribution in [3.05, 3.63) is 47.8 Å². The van der Waals surface area contributed by atoms with E-state index in [9.17, 15) is 9.18 Å². The van der Waals surface area contributed by atoms with Gasteiger partial charge in [-0.25, -0.2) is 9.37 Å². The van der Waals surface area contributed by atoms with Crippen molar-refractivity contribution in [2.24, 2.45) is 0 Å². The molecule has 1 heterocycles. The summed E-state index contributed by atoms with van der Waals surface area (Å²) in [5.41, 5.74) is 0.333.